The van der Waals surface area contributed by atoms with Crippen molar-refractivity contribution < 1.29 is 19.2 Å². The average Bonchev–Trinajstić information content (AvgIpc) is 3.09. The summed E-state index contributed by atoms with van der Waals surface area (Å²) in [5.41, 5.74) is 0.310. The Bertz CT molecular complexity index is 749. The zero-order valence-corrected chi connectivity index (χ0v) is 13.5. The number of fused-ring (bicyclic) bond motifs is 1. The smallest absolute Gasteiger partial charge is 0.326 e. The second-order valence-corrected chi connectivity index (χ2v) is 5.11. The van der Waals surface area contributed by atoms with Gasteiger partial charge in [-0.15, -0.1) is 12.4 Å². The number of carbonyl (C=O) groups excluding carboxylic acids is 1. The molecule has 1 atom stereocenters. The number of benzene rings is 1. The molecular weight excluding hydrogens is 338 g/mol. The summed E-state index contributed by atoms with van der Waals surface area (Å²) in [5, 5.41) is 14.4. The molecule has 1 fully saturated rings. The molecule has 0 unspecified atom stereocenters. The molecule has 0 radical (unpaired) electrons. The van der Waals surface area contributed by atoms with E-state index in [0.29, 0.717) is 16.7 Å². The number of carbonyl (C=O) groups is 1. The first kappa shape index (κ1) is 17.9. The lowest BCUT2D eigenvalue weighted by Gasteiger charge is -2.12. The van der Waals surface area contributed by atoms with Gasteiger partial charge in [-0.3, -0.25) is 19.9 Å². The van der Waals surface area contributed by atoms with E-state index in [4.69, 9.17) is 9.47 Å². The summed E-state index contributed by atoms with van der Waals surface area (Å²) >= 11 is 0. The van der Waals surface area contributed by atoms with E-state index in [1.165, 1.54) is 18.3 Å². The fourth-order valence-corrected chi connectivity index (χ4v) is 2.54. The van der Waals surface area contributed by atoms with Crippen molar-refractivity contribution in [3.05, 3.63) is 40.6 Å². The van der Waals surface area contributed by atoms with Gasteiger partial charge in [-0.1, -0.05) is 0 Å². The van der Waals surface area contributed by atoms with E-state index < -0.39 is 4.92 Å². The number of nitrogens with one attached hydrogen (secondary N) is 1. The first-order chi connectivity index (χ1) is 11.2. The van der Waals surface area contributed by atoms with Gasteiger partial charge in [0.2, 0.25) is 6.79 Å². The summed E-state index contributed by atoms with van der Waals surface area (Å²) in [5.74, 6) is -0.0277. The average molecular weight is 354 g/mol. The molecule has 1 aliphatic heterocycles. The van der Waals surface area contributed by atoms with E-state index in [-0.39, 0.29) is 36.9 Å². The van der Waals surface area contributed by atoms with E-state index in [1.54, 1.807) is 12.1 Å². The van der Waals surface area contributed by atoms with Crippen LogP contribution in [0.2, 0.25) is 0 Å². The maximum absolute atomic E-state index is 11.8. The number of pyridine rings is 1. The van der Waals surface area contributed by atoms with Crippen molar-refractivity contribution in [2.75, 3.05) is 13.3 Å². The van der Waals surface area contributed by atoms with Gasteiger partial charge in [0, 0.05) is 12.3 Å². The van der Waals surface area contributed by atoms with Crippen LogP contribution in [0, 0.1) is 10.1 Å². The standard InChI is InChI=1S/C15H15N3O5.ClH/c19-15(11-4-2-7-16-11)23-9-22-13-6-5-12(18(20)21)10-3-1-8-17-14(10)13;/h1,3,5-6,8,11,16H,2,4,7,9H2;1H/t11-;/m0./s1. The summed E-state index contributed by atoms with van der Waals surface area (Å²) in [4.78, 5) is 26.5. The number of rotatable bonds is 5. The predicted molar refractivity (Wildman–Crippen MR) is 88.3 cm³/mol. The Hall–Kier alpha value is -2.45. The molecule has 2 aromatic rings. The molecule has 1 aliphatic rings. The van der Waals surface area contributed by atoms with Crippen molar-refractivity contribution in [1.29, 1.82) is 0 Å². The fraction of sp³-hybridized carbons (Fsp3) is 0.333. The molecule has 0 spiro atoms. The molecule has 1 N–H and O–H groups in total. The highest BCUT2D eigenvalue weighted by Crippen LogP contribution is 2.31. The Morgan fingerprint density at radius 3 is 2.96 bits per heavy atom. The van der Waals surface area contributed by atoms with Crippen LogP contribution in [-0.4, -0.2) is 35.3 Å². The van der Waals surface area contributed by atoms with Crippen molar-refractivity contribution in [3.8, 4) is 5.75 Å². The Morgan fingerprint density at radius 1 is 1.42 bits per heavy atom. The first-order valence-electron chi connectivity index (χ1n) is 7.22. The molecule has 128 valence electrons. The predicted octanol–water partition coefficient (Wildman–Crippen LogP) is 2.20. The number of hydrogen-bond donors (Lipinski definition) is 1. The molecule has 0 aliphatic carbocycles. The minimum absolute atomic E-state index is 0. The Labute approximate surface area is 143 Å². The number of non-ortho nitro benzene ring substituents is 1. The molecule has 0 saturated carbocycles. The Kier molecular flexibility index (Phi) is 5.88. The van der Waals surface area contributed by atoms with E-state index in [1.807, 2.05) is 0 Å². The van der Waals surface area contributed by atoms with E-state index in [0.717, 1.165) is 19.4 Å². The number of nitro benzene ring substituents is 1. The summed E-state index contributed by atoms with van der Waals surface area (Å²) in [6.45, 7) is 0.540. The van der Waals surface area contributed by atoms with E-state index in [2.05, 4.69) is 10.3 Å². The SMILES string of the molecule is Cl.O=C(OCOc1ccc([N+](=O)[O-])c2cccnc12)[C@@H]1CCCN1. The quantitative estimate of drug-likeness (QED) is 0.380. The molecule has 0 bridgehead atoms. The second-order valence-electron chi connectivity index (χ2n) is 5.11. The Balaban J connectivity index is 0.00000208. The number of aromatic nitrogens is 1. The fourth-order valence-electron chi connectivity index (χ4n) is 2.54. The first-order valence-corrected chi connectivity index (χ1v) is 7.22. The molecule has 9 heteroatoms. The summed E-state index contributed by atoms with van der Waals surface area (Å²) < 4.78 is 10.5. The summed E-state index contributed by atoms with van der Waals surface area (Å²) in [6.07, 6.45) is 3.21. The number of esters is 1. The minimum atomic E-state index is -0.473. The highest BCUT2D eigenvalue weighted by atomic mass is 35.5. The molecule has 0 amide bonds. The van der Waals surface area contributed by atoms with Crippen molar-refractivity contribution >= 4 is 35.0 Å². The minimum Gasteiger partial charge on any atom is -0.455 e. The third kappa shape index (κ3) is 3.72. The summed E-state index contributed by atoms with van der Waals surface area (Å²) in [6, 6.07) is 5.73. The monoisotopic (exact) mass is 353 g/mol. The van der Waals surface area contributed by atoms with E-state index in [9.17, 15) is 14.9 Å². The van der Waals surface area contributed by atoms with Crippen molar-refractivity contribution in [2.24, 2.45) is 0 Å². The number of nitro groups is 1. The Morgan fingerprint density at radius 2 is 2.25 bits per heavy atom. The second kappa shape index (κ2) is 7.89. The van der Waals surface area contributed by atoms with Crippen LogP contribution in [0.15, 0.2) is 30.5 Å². The lowest BCUT2D eigenvalue weighted by Crippen LogP contribution is -2.33. The lowest BCUT2D eigenvalue weighted by atomic mass is 10.1. The van der Waals surface area contributed by atoms with Gasteiger partial charge in [0.15, 0.2) is 0 Å². The molecule has 1 saturated heterocycles. The highest BCUT2D eigenvalue weighted by molar-refractivity contribution is 5.92. The van der Waals surface area contributed by atoms with Crippen LogP contribution in [0.3, 0.4) is 0 Å². The van der Waals surface area contributed by atoms with Crippen LogP contribution in [0.4, 0.5) is 5.69 Å². The van der Waals surface area contributed by atoms with Crippen LogP contribution in [-0.2, 0) is 9.53 Å². The molecule has 3 rings (SSSR count). The van der Waals surface area contributed by atoms with Crippen LogP contribution >= 0.6 is 12.4 Å². The maximum atomic E-state index is 11.8. The van der Waals surface area contributed by atoms with Gasteiger partial charge in [-0.2, -0.15) is 0 Å². The van der Waals surface area contributed by atoms with Gasteiger partial charge in [0.1, 0.15) is 17.3 Å². The van der Waals surface area contributed by atoms with Crippen molar-refractivity contribution in [1.82, 2.24) is 10.3 Å². The largest absolute Gasteiger partial charge is 0.455 e. The topological polar surface area (TPSA) is 104 Å². The molecule has 1 aromatic heterocycles. The molecule has 24 heavy (non-hydrogen) atoms. The lowest BCUT2D eigenvalue weighted by molar-refractivity contribution is -0.383. The van der Waals surface area contributed by atoms with Crippen LogP contribution in [0.5, 0.6) is 5.75 Å². The molecule has 8 nitrogen and oxygen atoms in total. The van der Waals surface area contributed by atoms with Gasteiger partial charge in [-0.25, -0.2) is 0 Å². The van der Waals surface area contributed by atoms with Crippen molar-refractivity contribution in [3.63, 3.8) is 0 Å². The molecule has 1 aromatic carbocycles. The third-order valence-electron chi connectivity index (χ3n) is 3.67. The maximum Gasteiger partial charge on any atom is 0.326 e. The van der Waals surface area contributed by atoms with E-state index >= 15 is 0 Å². The van der Waals surface area contributed by atoms with Crippen LogP contribution in [0.1, 0.15) is 12.8 Å². The third-order valence-corrected chi connectivity index (χ3v) is 3.67. The molecular formula is C15H16ClN3O5. The van der Waals surface area contributed by atoms with Crippen molar-refractivity contribution in [2.45, 2.75) is 18.9 Å². The number of ether oxygens (including phenoxy) is 2. The zero-order valence-electron chi connectivity index (χ0n) is 12.6. The van der Waals surface area contributed by atoms with Crippen LogP contribution in [0.25, 0.3) is 10.9 Å². The van der Waals surface area contributed by atoms with Gasteiger partial charge in [0.25, 0.3) is 5.69 Å². The number of hydrogen-bond acceptors (Lipinski definition) is 7. The van der Waals surface area contributed by atoms with Gasteiger partial charge in [-0.05, 0) is 37.6 Å². The highest BCUT2D eigenvalue weighted by Gasteiger charge is 2.23. The summed E-state index contributed by atoms with van der Waals surface area (Å²) in [7, 11) is 0. The van der Waals surface area contributed by atoms with Gasteiger partial charge in [0.05, 0.1) is 10.3 Å². The number of halogens is 1. The normalized spacial score (nSPS) is 16.4. The van der Waals surface area contributed by atoms with Gasteiger partial charge < -0.3 is 14.8 Å². The van der Waals surface area contributed by atoms with Crippen LogP contribution < -0.4 is 10.1 Å². The van der Waals surface area contributed by atoms with Gasteiger partial charge >= 0.3 is 5.97 Å². The molecule has 2 heterocycles. The zero-order chi connectivity index (χ0) is 16.2. The number of nitrogens with zero attached hydrogens (tertiary/aromatic N) is 2.